The average molecular weight is 277 g/mol. The molecule has 0 aliphatic heterocycles. The Morgan fingerprint density at radius 1 is 1.25 bits per heavy atom. The molecule has 20 heavy (non-hydrogen) atoms. The number of ether oxygens (including phenoxy) is 1. The molecule has 0 amide bonds. The summed E-state index contributed by atoms with van der Waals surface area (Å²) in [5, 5.41) is 3.64. The first-order valence-electron chi connectivity index (χ1n) is 7.42. The number of hydrogen-bond donors (Lipinski definition) is 2. The lowest BCUT2D eigenvalue weighted by Crippen LogP contribution is -2.32. The van der Waals surface area contributed by atoms with E-state index < -0.39 is 0 Å². The van der Waals surface area contributed by atoms with Crippen molar-refractivity contribution >= 4 is 5.69 Å². The summed E-state index contributed by atoms with van der Waals surface area (Å²) in [6.45, 7) is 0.939. The van der Waals surface area contributed by atoms with Crippen LogP contribution in [0.15, 0.2) is 18.2 Å². The van der Waals surface area contributed by atoms with E-state index in [1.807, 2.05) is 0 Å². The van der Waals surface area contributed by atoms with Crippen molar-refractivity contribution in [1.82, 2.24) is 4.90 Å². The topological polar surface area (TPSA) is 50.5 Å². The van der Waals surface area contributed by atoms with Crippen molar-refractivity contribution in [3.8, 4) is 5.75 Å². The lowest BCUT2D eigenvalue weighted by Gasteiger charge is -2.28. The molecule has 0 unspecified atom stereocenters. The summed E-state index contributed by atoms with van der Waals surface area (Å²) in [6.07, 6.45) is 4.50. The van der Waals surface area contributed by atoms with E-state index in [9.17, 15) is 0 Å². The highest BCUT2D eigenvalue weighted by molar-refractivity contribution is 5.58. The van der Waals surface area contributed by atoms with Gasteiger partial charge in [-0.15, -0.1) is 0 Å². The van der Waals surface area contributed by atoms with Gasteiger partial charge in [0.15, 0.2) is 0 Å². The van der Waals surface area contributed by atoms with Gasteiger partial charge in [-0.2, -0.15) is 0 Å². The van der Waals surface area contributed by atoms with Gasteiger partial charge in [0.25, 0.3) is 0 Å². The molecular formula is C16H27N3O. The van der Waals surface area contributed by atoms with Crippen molar-refractivity contribution in [3.63, 3.8) is 0 Å². The summed E-state index contributed by atoms with van der Waals surface area (Å²) in [5.41, 5.74) is 8.37. The first-order valence-corrected chi connectivity index (χ1v) is 7.42. The molecule has 1 aromatic carbocycles. The third kappa shape index (κ3) is 4.12. The van der Waals surface area contributed by atoms with E-state index in [1.54, 1.807) is 7.11 Å². The molecule has 4 heteroatoms. The van der Waals surface area contributed by atoms with Gasteiger partial charge in [0.05, 0.1) is 12.8 Å². The Morgan fingerprint density at radius 3 is 2.55 bits per heavy atom. The second-order valence-corrected chi connectivity index (χ2v) is 6.03. The first kappa shape index (κ1) is 15.1. The second-order valence-electron chi connectivity index (χ2n) is 6.03. The molecule has 112 valence electrons. The van der Waals surface area contributed by atoms with Crippen LogP contribution in [0.3, 0.4) is 0 Å². The predicted octanol–water partition coefficient (Wildman–Crippen LogP) is 2.44. The van der Waals surface area contributed by atoms with E-state index in [1.165, 1.54) is 5.56 Å². The lowest BCUT2D eigenvalue weighted by molar-refractivity contribution is 0.396. The summed E-state index contributed by atoms with van der Waals surface area (Å²) in [5.74, 6) is 0.919. The minimum absolute atomic E-state index is 0.384. The van der Waals surface area contributed by atoms with E-state index in [0.29, 0.717) is 12.1 Å². The third-order valence-corrected chi connectivity index (χ3v) is 3.89. The van der Waals surface area contributed by atoms with Gasteiger partial charge in [0.1, 0.15) is 5.75 Å². The van der Waals surface area contributed by atoms with E-state index in [4.69, 9.17) is 10.5 Å². The number of rotatable bonds is 5. The minimum atomic E-state index is 0.384. The van der Waals surface area contributed by atoms with E-state index >= 15 is 0 Å². The van der Waals surface area contributed by atoms with Gasteiger partial charge in [0.2, 0.25) is 0 Å². The van der Waals surface area contributed by atoms with Gasteiger partial charge in [0, 0.05) is 18.6 Å². The molecule has 1 aromatic rings. The average Bonchev–Trinajstić information content (AvgIpc) is 2.41. The van der Waals surface area contributed by atoms with Crippen LogP contribution in [0.2, 0.25) is 0 Å². The Balaban J connectivity index is 2.07. The Morgan fingerprint density at radius 2 is 1.95 bits per heavy atom. The molecule has 4 nitrogen and oxygen atoms in total. The van der Waals surface area contributed by atoms with Crippen LogP contribution in [-0.2, 0) is 6.54 Å². The fourth-order valence-corrected chi connectivity index (χ4v) is 2.81. The van der Waals surface area contributed by atoms with Gasteiger partial charge >= 0.3 is 0 Å². The van der Waals surface area contributed by atoms with Crippen LogP contribution in [0.5, 0.6) is 5.75 Å². The lowest BCUT2D eigenvalue weighted by atomic mass is 9.91. The third-order valence-electron chi connectivity index (χ3n) is 3.89. The van der Waals surface area contributed by atoms with Crippen molar-refractivity contribution < 1.29 is 4.74 Å². The number of nitrogens with one attached hydrogen (secondary N) is 1. The monoisotopic (exact) mass is 277 g/mol. The maximum absolute atomic E-state index is 5.97. The highest BCUT2D eigenvalue weighted by Crippen LogP contribution is 2.29. The van der Waals surface area contributed by atoms with Crippen LogP contribution >= 0.6 is 0 Å². The highest BCUT2D eigenvalue weighted by atomic mass is 16.5. The number of benzene rings is 1. The Kier molecular flexibility index (Phi) is 5.26. The molecule has 0 aromatic heterocycles. The zero-order chi connectivity index (χ0) is 14.5. The predicted molar refractivity (Wildman–Crippen MR) is 84.2 cm³/mol. The molecule has 0 radical (unpaired) electrons. The van der Waals surface area contributed by atoms with Crippen LogP contribution in [0.1, 0.15) is 31.2 Å². The molecule has 1 saturated carbocycles. The Bertz CT molecular complexity index is 426. The van der Waals surface area contributed by atoms with Crippen molar-refractivity contribution in [2.75, 3.05) is 26.5 Å². The molecule has 0 atom stereocenters. The van der Waals surface area contributed by atoms with Gasteiger partial charge in [-0.05, 0) is 57.5 Å². The van der Waals surface area contributed by atoms with Crippen LogP contribution in [-0.4, -0.2) is 38.2 Å². The maximum atomic E-state index is 5.97. The quantitative estimate of drug-likeness (QED) is 0.868. The SMILES string of the molecule is COc1ccc(CN(C)C)cc1NC1CCC(N)CC1. The van der Waals surface area contributed by atoms with E-state index in [-0.39, 0.29) is 0 Å². The summed E-state index contributed by atoms with van der Waals surface area (Å²) in [4.78, 5) is 2.17. The molecule has 3 N–H and O–H groups in total. The smallest absolute Gasteiger partial charge is 0.141 e. The molecule has 1 fully saturated rings. The number of hydrogen-bond acceptors (Lipinski definition) is 4. The zero-order valence-electron chi connectivity index (χ0n) is 12.9. The van der Waals surface area contributed by atoms with Crippen molar-refractivity contribution in [2.24, 2.45) is 5.73 Å². The zero-order valence-corrected chi connectivity index (χ0v) is 12.9. The molecule has 2 rings (SSSR count). The number of methoxy groups -OCH3 is 1. The summed E-state index contributed by atoms with van der Waals surface area (Å²) >= 11 is 0. The van der Waals surface area contributed by atoms with Crippen LogP contribution in [0.25, 0.3) is 0 Å². The van der Waals surface area contributed by atoms with Gasteiger partial charge in [-0.1, -0.05) is 6.07 Å². The van der Waals surface area contributed by atoms with Crippen molar-refractivity contribution in [1.29, 1.82) is 0 Å². The summed E-state index contributed by atoms with van der Waals surface area (Å²) in [6, 6.07) is 7.28. The molecule has 1 aliphatic carbocycles. The van der Waals surface area contributed by atoms with Crippen LogP contribution in [0.4, 0.5) is 5.69 Å². The van der Waals surface area contributed by atoms with E-state index in [2.05, 4.69) is 42.5 Å². The normalized spacial score (nSPS) is 22.9. The number of nitrogens with two attached hydrogens (primary N) is 1. The van der Waals surface area contributed by atoms with Gasteiger partial charge < -0.3 is 20.7 Å². The fraction of sp³-hybridized carbons (Fsp3) is 0.625. The summed E-state index contributed by atoms with van der Waals surface area (Å²) < 4.78 is 5.47. The first-order chi connectivity index (χ1) is 9.58. The molecular weight excluding hydrogens is 250 g/mol. The molecule has 0 bridgehead atoms. The molecule has 0 saturated heterocycles. The van der Waals surface area contributed by atoms with Gasteiger partial charge in [-0.25, -0.2) is 0 Å². The van der Waals surface area contributed by atoms with Gasteiger partial charge in [-0.3, -0.25) is 0 Å². The second kappa shape index (κ2) is 6.95. The highest BCUT2D eigenvalue weighted by Gasteiger charge is 2.19. The van der Waals surface area contributed by atoms with E-state index in [0.717, 1.165) is 43.7 Å². The Labute approximate surface area is 122 Å². The summed E-state index contributed by atoms with van der Waals surface area (Å²) in [7, 11) is 5.89. The number of anilines is 1. The Hall–Kier alpha value is -1.26. The molecule has 0 spiro atoms. The fourth-order valence-electron chi connectivity index (χ4n) is 2.81. The van der Waals surface area contributed by atoms with Crippen LogP contribution < -0.4 is 15.8 Å². The van der Waals surface area contributed by atoms with Crippen LogP contribution in [0, 0.1) is 0 Å². The molecule has 0 heterocycles. The molecule has 1 aliphatic rings. The number of nitrogens with zero attached hydrogens (tertiary/aromatic N) is 1. The van der Waals surface area contributed by atoms with Crippen molar-refractivity contribution in [3.05, 3.63) is 23.8 Å². The maximum Gasteiger partial charge on any atom is 0.141 e. The largest absolute Gasteiger partial charge is 0.495 e. The van der Waals surface area contributed by atoms with Crippen molar-refractivity contribution in [2.45, 2.75) is 44.3 Å². The standard InChI is InChI=1S/C16H27N3O/c1-19(2)11-12-4-9-16(20-3)15(10-12)18-14-7-5-13(17)6-8-14/h4,9-10,13-14,18H,5-8,11,17H2,1-3H3. The minimum Gasteiger partial charge on any atom is -0.495 e.